The summed E-state index contributed by atoms with van der Waals surface area (Å²) in [6.45, 7) is 6.27. The van der Waals surface area contributed by atoms with Crippen LogP contribution in [0.2, 0.25) is 0 Å². The molecule has 110 valence electrons. The Kier molecular flexibility index (Phi) is 4.03. The molecule has 1 N–H and O–H groups in total. The van der Waals surface area contributed by atoms with Gasteiger partial charge in [-0.2, -0.15) is 0 Å². The fraction of sp³-hybridized carbons (Fsp3) is 0.278. The highest BCUT2D eigenvalue weighted by Crippen LogP contribution is 2.28. The van der Waals surface area contributed by atoms with Crippen LogP contribution in [-0.2, 0) is 5.41 Å². The summed E-state index contributed by atoms with van der Waals surface area (Å²) < 4.78 is 0. The van der Waals surface area contributed by atoms with Gasteiger partial charge in [-0.3, -0.25) is 4.79 Å². The highest BCUT2D eigenvalue weighted by atomic mass is 16.3. The van der Waals surface area contributed by atoms with Crippen LogP contribution in [0.25, 0.3) is 0 Å². The Labute approximate surface area is 125 Å². The van der Waals surface area contributed by atoms with E-state index in [0.29, 0.717) is 11.3 Å². The quantitative estimate of drug-likeness (QED) is 0.906. The summed E-state index contributed by atoms with van der Waals surface area (Å²) in [7, 11) is 1.72. The fourth-order valence-corrected chi connectivity index (χ4v) is 2.32. The number of phenols is 1. The van der Waals surface area contributed by atoms with Gasteiger partial charge in [-0.25, -0.2) is 0 Å². The van der Waals surface area contributed by atoms with Crippen molar-refractivity contribution in [3.63, 3.8) is 0 Å². The Morgan fingerprint density at radius 3 is 2.33 bits per heavy atom. The highest BCUT2D eigenvalue weighted by molar-refractivity contribution is 6.07. The van der Waals surface area contributed by atoms with Crippen molar-refractivity contribution in [2.45, 2.75) is 26.2 Å². The maximum Gasteiger partial charge on any atom is 0.258 e. The predicted molar refractivity (Wildman–Crippen MR) is 86.0 cm³/mol. The third-order valence-electron chi connectivity index (χ3n) is 3.49. The van der Waals surface area contributed by atoms with E-state index < -0.39 is 0 Å². The van der Waals surface area contributed by atoms with Crippen LogP contribution in [-0.4, -0.2) is 18.1 Å². The van der Waals surface area contributed by atoms with Gasteiger partial charge in [-0.1, -0.05) is 45.0 Å². The number of anilines is 1. The average Bonchev–Trinajstić information content (AvgIpc) is 2.45. The number of aromatic hydroxyl groups is 1. The maximum absolute atomic E-state index is 12.8. The molecule has 3 nitrogen and oxygen atoms in total. The molecule has 0 radical (unpaired) electrons. The summed E-state index contributed by atoms with van der Waals surface area (Å²) in [6.07, 6.45) is 0. The highest BCUT2D eigenvalue weighted by Gasteiger charge is 2.23. The maximum atomic E-state index is 12.8. The summed E-state index contributed by atoms with van der Waals surface area (Å²) in [5.74, 6) is 0.0716. The number of phenolic OH excluding ortho intramolecular Hbond substituents is 1. The molecule has 0 bridgehead atoms. The Bertz CT molecular complexity index is 656. The number of hydrogen-bond donors (Lipinski definition) is 1. The molecule has 0 aliphatic heterocycles. The van der Waals surface area contributed by atoms with Gasteiger partial charge in [0.2, 0.25) is 0 Å². The summed E-state index contributed by atoms with van der Waals surface area (Å²) in [6, 6.07) is 14.4. The average molecular weight is 283 g/mol. The molecule has 2 aromatic carbocycles. The minimum absolute atomic E-state index is 0.0777. The first-order valence-electron chi connectivity index (χ1n) is 6.97. The lowest BCUT2D eigenvalue weighted by atomic mass is 9.83. The molecule has 0 heterocycles. The van der Waals surface area contributed by atoms with Crippen molar-refractivity contribution >= 4 is 11.6 Å². The van der Waals surface area contributed by atoms with Crippen molar-refractivity contribution in [1.29, 1.82) is 0 Å². The third-order valence-corrected chi connectivity index (χ3v) is 3.49. The second kappa shape index (κ2) is 5.60. The van der Waals surface area contributed by atoms with Gasteiger partial charge < -0.3 is 10.0 Å². The second-order valence-corrected chi connectivity index (χ2v) is 6.18. The molecule has 21 heavy (non-hydrogen) atoms. The normalized spacial score (nSPS) is 11.2. The van der Waals surface area contributed by atoms with E-state index in [-0.39, 0.29) is 17.1 Å². The molecule has 0 atom stereocenters. The lowest BCUT2D eigenvalue weighted by Gasteiger charge is -2.25. The minimum atomic E-state index is -0.105. The van der Waals surface area contributed by atoms with Crippen LogP contribution in [0.5, 0.6) is 5.75 Å². The van der Waals surface area contributed by atoms with Gasteiger partial charge in [0.05, 0.1) is 0 Å². The lowest BCUT2D eigenvalue weighted by molar-refractivity contribution is 0.0991. The molecule has 0 aliphatic carbocycles. The zero-order valence-corrected chi connectivity index (χ0v) is 12.9. The summed E-state index contributed by atoms with van der Waals surface area (Å²) >= 11 is 0. The molecule has 0 saturated carbocycles. The molecule has 0 spiro atoms. The molecule has 0 saturated heterocycles. The van der Waals surface area contributed by atoms with Crippen molar-refractivity contribution in [3.05, 3.63) is 59.7 Å². The van der Waals surface area contributed by atoms with Crippen LogP contribution in [0, 0.1) is 0 Å². The van der Waals surface area contributed by atoms with Crippen molar-refractivity contribution in [2.75, 3.05) is 11.9 Å². The first-order valence-corrected chi connectivity index (χ1v) is 6.97. The summed E-state index contributed by atoms with van der Waals surface area (Å²) in [5.41, 5.74) is 2.27. The van der Waals surface area contributed by atoms with E-state index in [4.69, 9.17) is 0 Å². The van der Waals surface area contributed by atoms with Crippen LogP contribution >= 0.6 is 0 Å². The van der Waals surface area contributed by atoms with E-state index in [1.807, 2.05) is 24.3 Å². The number of rotatable bonds is 2. The summed E-state index contributed by atoms with van der Waals surface area (Å²) in [5, 5.41) is 9.56. The van der Waals surface area contributed by atoms with Crippen molar-refractivity contribution in [2.24, 2.45) is 0 Å². The number of hydrogen-bond acceptors (Lipinski definition) is 2. The Morgan fingerprint density at radius 1 is 1.05 bits per heavy atom. The van der Waals surface area contributed by atoms with E-state index in [9.17, 15) is 9.90 Å². The zero-order valence-electron chi connectivity index (χ0n) is 12.9. The van der Waals surface area contributed by atoms with Gasteiger partial charge in [-0.05, 0) is 29.2 Å². The number of carbonyl (C=O) groups is 1. The SMILES string of the molecule is CN(C(=O)c1ccccc1C(C)(C)C)c1cccc(O)c1. The van der Waals surface area contributed by atoms with Crippen LogP contribution in [0.15, 0.2) is 48.5 Å². The van der Waals surface area contributed by atoms with E-state index in [1.165, 1.54) is 0 Å². The Morgan fingerprint density at radius 2 is 1.71 bits per heavy atom. The van der Waals surface area contributed by atoms with Gasteiger partial charge in [0.1, 0.15) is 5.75 Å². The first-order chi connectivity index (χ1) is 9.80. The van der Waals surface area contributed by atoms with Crippen molar-refractivity contribution < 1.29 is 9.90 Å². The molecule has 1 amide bonds. The first kappa shape index (κ1) is 15.1. The molecule has 0 aromatic heterocycles. The third kappa shape index (κ3) is 3.24. The van der Waals surface area contributed by atoms with Crippen LogP contribution < -0.4 is 4.90 Å². The van der Waals surface area contributed by atoms with E-state index in [2.05, 4.69) is 20.8 Å². The molecular formula is C18H21NO2. The van der Waals surface area contributed by atoms with Crippen molar-refractivity contribution in [1.82, 2.24) is 0 Å². The molecule has 2 aromatic rings. The smallest absolute Gasteiger partial charge is 0.258 e. The topological polar surface area (TPSA) is 40.5 Å². The lowest BCUT2D eigenvalue weighted by Crippen LogP contribution is -2.29. The Hall–Kier alpha value is -2.29. The van der Waals surface area contributed by atoms with Crippen molar-refractivity contribution in [3.8, 4) is 5.75 Å². The molecular weight excluding hydrogens is 262 g/mol. The number of benzene rings is 2. The monoisotopic (exact) mass is 283 g/mol. The summed E-state index contributed by atoms with van der Waals surface area (Å²) in [4.78, 5) is 14.3. The van der Waals surface area contributed by atoms with Crippen LogP contribution in [0.4, 0.5) is 5.69 Å². The second-order valence-electron chi connectivity index (χ2n) is 6.18. The molecule has 3 heteroatoms. The van der Waals surface area contributed by atoms with Gasteiger partial charge >= 0.3 is 0 Å². The van der Waals surface area contributed by atoms with E-state index in [1.54, 1.807) is 36.2 Å². The van der Waals surface area contributed by atoms with Gasteiger partial charge in [0.25, 0.3) is 5.91 Å². The standard InChI is InChI=1S/C18H21NO2/c1-18(2,3)16-11-6-5-10-15(16)17(21)19(4)13-8-7-9-14(20)12-13/h5-12,20H,1-4H3. The largest absolute Gasteiger partial charge is 0.508 e. The number of amides is 1. The Balaban J connectivity index is 2.41. The number of nitrogens with zero attached hydrogens (tertiary/aromatic N) is 1. The fourth-order valence-electron chi connectivity index (χ4n) is 2.32. The van der Waals surface area contributed by atoms with Crippen LogP contribution in [0.1, 0.15) is 36.7 Å². The number of carbonyl (C=O) groups excluding carboxylic acids is 1. The van der Waals surface area contributed by atoms with E-state index >= 15 is 0 Å². The van der Waals surface area contributed by atoms with Gasteiger partial charge in [0.15, 0.2) is 0 Å². The minimum Gasteiger partial charge on any atom is -0.508 e. The molecule has 0 aliphatic rings. The van der Waals surface area contributed by atoms with Crippen LogP contribution in [0.3, 0.4) is 0 Å². The van der Waals surface area contributed by atoms with E-state index in [0.717, 1.165) is 5.56 Å². The predicted octanol–water partition coefficient (Wildman–Crippen LogP) is 3.97. The molecule has 0 unspecified atom stereocenters. The zero-order chi connectivity index (χ0) is 15.6. The molecule has 2 rings (SSSR count). The van der Waals surface area contributed by atoms with Gasteiger partial charge in [-0.15, -0.1) is 0 Å². The van der Waals surface area contributed by atoms with Gasteiger partial charge in [0, 0.05) is 24.4 Å². The molecule has 0 fully saturated rings.